The van der Waals surface area contributed by atoms with Crippen molar-refractivity contribution in [3.8, 4) is 34.3 Å². The first-order chi connectivity index (χ1) is 16.6. The first-order valence-corrected chi connectivity index (χ1v) is 11.3. The van der Waals surface area contributed by atoms with Crippen LogP contribution in [-0.4, -0.2) is 24.2 Å². The molecule has 5 aromatic rings. The molecule has 5 rings (SSSR count). The molecule has 0 saturated heterocycles. The van der Waals surface area contributed by atoms with Gasteiger partial charge in [-0.05, 0) is 24.3 Å². The lowest BCUT2D eigenvalue weighted by Gasteiger charge is -2.13. The minimum Gasteiger partial charge on any atom is -0.493 e. The molecule has 170 valence electrons. The summed E-state index contributed by atoms with van der Waals surface area (Å²) in [5.74, 6) is 1.13. The van der Waals surface area contributed by atoms with Crippen molar-refractivity contribution in [1.29, 1.82) is 0 Å². The Balaban J connectivity index is 1.38. The van der Waals surface area contributed by atoms with Crippen LogP contribution >= 0.6 is 11.3 Å². The Bertz CT molecular complexity index is 1460. The fourth-order valence-corrected chi connectivity index (χ4v) is 4.25. The number of aromatic nitrogens is 2. The Morgan fingerprint density at radius 2 is 1.65 bits per heavy atom. The molecule has 0 unspecified atom stereocenters. The van der Waals surface area contributed by atoms with Crippen LogP contribution in [0.3, 0.4) is 0 Å². The largest absolute Gasteiger partial charge is 0.493 e. The molecule has 34 heavy (non-hydrogen) atoms. The Hall–Kier alpha value is -4.17. The average Bonchev–Trinajstić information content (AvgIpc) is 3.34. The van der Waals surface area contributed by atoms with Gasteiger partial charge in [0.25, 0.3) is 0 Å². The highest BCUT2D eigenvalue weighted by Gasteiger charge is 2.14. The normalized spacial score (nSPS) is 10.8. The Kier molecular flexibility index (Phi) is 5.97. The number of anilines is 2. The quantitative estimate of drug-likeness (QED) is 0.273. The maximum Gasteiger partial charge on any atom is 0.187 e. The van der Waals surface area contributed by atoms with Crippen molar-refractivity contribution in [2.45, 2.75) is 0 Å². The molecular formula is C26H20FN3O3S. The number of pyridine rings is 1. The van der Waals surface area contributed by atoms with Crippen LogP contribution in [-0.2, 0) is 0 Å². The Labute approximate surface area is 199 Å². The molecule has 3 aromatic carbocycles. The fourth-order valence-electron chi connectivity index (χ4n) is 3.51. The van der Waals surface area contributed by atoms with Gasteiger partial charge in [-0.1, -0.05) is 30.3 Å². The first-order valence-electron chi connectivity index (χ1n) is 10.4. The van der Waals surface area contributed by atoms with Gasteiger partial charge in [-0.3, -0.25) is 4.98 Å². The number of rotatable bonds is 7. The molecule has 6 nitrogen and oxygen atoms in total. The predicted molar refractivity (Wildman–Crippen MR) is 132 cm³/mol. The summed E-state index contributed by atoms with van der Waals surface area (Å²) < 4.78 is 31.6. The molecule has 0 aliphatic rings. The molecule has 0 aliphatic carbocycles. The summed E-state index contributed by atoms with van der Waals surface area (Å²) in [6.07, 6.45) is 1.60. The van der Waals surface area contributed by atoms with Gasteiger partial charge in [0, 0.05) is 40.3 Å². The molecule has 0 atom stereocenters. The summed E-state index contributed by atoms with van der Waals surface area (Å²) in [6.45, 7) is 0. The van der Waals surface area contributed by atoms with Gasteiger partial charge in [-0.2, -0.15) is 0 Å². The molecule has 0 saturated carbocycles. The fraction of sp³-hybridized carbons (Fsp3) is 0.0769. The summed E-state index contributed by atoms with van der Waals surface area (Å²) >= 11 is 1.45. The zero-order valence-electron chi connectivity index (χ0n) is 18.4. The van der Waals surface area contributed by atoms with Crippen molar-refractivity contribution in [3.05, 3.63) is 84.1 Å². The maximum absolute atomic E-state index is 14.9. The molecular weight excluding hydrogens is 453 g/mol. The third-order valence-electron chi connectivity index (χ3n) is 5.18. The summed E-state index contributed by atoms with van der Waals surface area (Å²) in [7, 11) is 3.11. The Morgan fingerprint density at radius 1 is 0.853 bits per heavy atom. The number of halogens is 1. The van der Waals surface area contributed by atoms with Crippen LogP contribution in [0.2, 0.25) is 0 Å². The van der Waals surface area contributed by atoms with Gasteiger partial charge >= 0.3 is 0 Å². The van der Waals surface area contributed by atoms with E-state index in [1.54, 1.807) is 50.7 Å². The van der Waals surface area contributed by atoms with Crippen molar-refractivity contribution >= 4 is 33.1 Å². The van der Waals surface area contributed by atoms with Crippen molar-refractivity contribution < 1.29 is 18.6 Å². The van der Waals surface area contributed by atoms with Crippen LogP contribution in [0.25, 0.3) is 22.2 Å². The summed E-state index contributed by atoms with van der Waals surface area (Å²) in [4.78, 5) is 8.93. The minimum absolute atomic E-state index is 0.0944. The number of methoxy groups -OCH3 is 2. The van der Waals surface area contributed by atoms with Crippen LogP contribution in [0.4, 0.5) is 15.2 Å². The summed E-state index contributed by atoms with van der Waals surface area (Å²) in [6, 6.07) is 19.8. The zero-order valence-corrected chi connectivity index (χ0v) is 19.2. The van der Waals surface area contributed by atoms with Crippen molar-refractivity contribution in [3.63, 3.8) is 0 Å². The summed E-state index contributed by atoms with van der Waals surface area (Å²) in [5, 5.41) is 6.47. The van der Waals surface area contributed by atoms with E-state index in [9.17, 15) is 4.39 Å². The van der Waals surface area contributed by atoms with Crippen LogP contribution in [0.15, 0.2) is 78.3 Å². The van der Waals surface area contributed by atoms with Crippen LogP contribution < -0.4 is 19.5 Å². The van der Waals surface area contributed by atoms with Crippen molar-refractivity contribution in [1.82, 2.24) is 9.97 Å². The number of thiazole rings is 1. The molecule has 0 spiro atoms. The van der Waals surface area contributed by atoms with E-state index in [2.05, 4.69) is 15.3 Å². The maximum atomic E-state index is 14.9. The van der Waals surface area contributed by atoms with E-state index in [0.29, 0.717) is 39.0 Å². The van der Waals surface area contributed by atoms with E-state index in [4.69, 9.17) is 14.2 Å². The van der Waals surface area contributed by atoms with Crippen LogP contribution in [0.5, 0.6) is 23.0 Å². The highest BCUT2D eigenvalue weighted by Crippen LogP contribution is 2.38. The lowest BCUT2D eigenvalue weighted by atomic mass is 10.2. The molecule has 2 heterocycles. The smallest absolute Gasteiger partial charge is 0.187 e. The lowest BCUT2D eigenvalue weighted by molar-refractivity contribution is 0.355. The van der Waals surface area contributed by atoms with Gasteiger partial charge in [0.05, 0.1) is 25.4 Å². The third kappa shape index (κ3) is 4.35. The van der Waals surface area contributed by atoms with E-state index in [1.807, 2.05) is 35.7 Å². The second-order valence-electron chi connectivity index (χ2n) is 7.31. The topological polar surface area (TPSA) is 65.5 Å². The molecule has 0 aliphatic heterocycles. The van der Waals surface area contributed by atoms with E-state index < -0.39 is 5.82 Å². The van der Waals surface area contributed by atoms with Crippen molar-refractivity contribution in [2.24, 2.45) is 0 Å². The highest BCUT2D eigenvalue weighted by atomic mass is 32.1. The number of hydrogen-bond donors (Lipinski definition) is 1. The molecule has 8 heteroatoms. The molecule has 0 radical (unpaired) electrons. The second kappa shape index (κ2) is 9.36. The van der Waals surface area contributed by atoms with Gasteiger partial charge in [-0.15, -0.1) is 11.3 Å². The van der Waals surface area contributed by atoms with Crippen LogP contribution in [0, 0.1) is 5.82 Å². The number of nitrogens with zero attached hydrogens (tertiary/aromatic N) is 2. The van der Waals surface area contributed by atoms with E-state index >= 15 is 0 Å². The number of benzene rings is 3. The van der Waals surface area contributed by atoms with Gasteiger partial charge in [0.15, 0.2) is 28.2 Å². The minimum atomic E-state index is -0.504. The SMILES string of the molecule is COc1cc2nccc(Oc3ccc(Nc4nc(-c5ccccc5)cs4)cc3F)c2cc1OC. The van der Waals surface area contributed by atoms with Crippen molar-refractivity contribution in [2.75, 3.05) is 19.5 Å². The lowest BCUT2D eigenvalue weighted by Crippen LogP contribution is -1.95. The summed E-state index contributed by atoms with van der Waals surface area (Å²) in [5.41, 5.74) is 3.11. The molecule has 0 amide bonds. The van der Waals surface area contributed by atoms with E-state index in [-0.39, 0.29) is 5.75 Å². The number of ether oxygens (including phenoxy) is 3. The number of nitrogens with one attached hydrogen (secondary N) is 1. The average molecular weight is 474 g/mol. The Morgan fingerprint density at radius 3 is 2.41 bits per heavy atom. The third-order valence-corrected chi connectivity index (χ3v) is 5.94. The number of fused-ring (bicyclic) bond motifs is 1. The van der Waals surface area contributed by atoms with E-state index in [0.717, 1.165) is 11.3 Å². The zero-order chi connectivity index (χ0) is 23.5. The van der Waals surface area contributed by atoms with Crippen LogP contribution in [0.1, 0.15) is 0 Å². The second-order valence-corrected chi connectivity index (χ2v) is 8.17. The molecule has 0 fully saturated rings. The van der Waals surface area contributed by atoms with Gasteiger partial charge < -0.3 is 19.5 Å². The molecule has 0 bridgehead atoms. The first kappa shape index (κ1) is 21.7. The van der Waals surface area contributed by atoms with Gasteiger partial charge in [0.1, 0.15) is 5.75 Å². The van der Waals surface area contributed by atoms with Gasteiger partial charge in [-0.25, -0.2) is 9.37 Å². The van der Waals surface area contributed by atoms with Gasteiger partial charge in [0.2, 0.25) is 0 Å². The molecule has 1 N–H and O–H groups in total. The standard InChI is InChI=1S/C26H20FN3O3S/c1-31-24-13-18-20(14-25(24)32-2)28-11-10-22(18)33-23-9-8-17(12-19(23)27)29-26-30-21(15-34-26)16-6-4-3-5-7-16/h3-15H,1-2H3,(H,29,30). The predicted octanol–water partition coefficient (Wildman–Crippen LogP) is 7.05. The number of hydrogen-bond acceptors (Lipinski definition) is 7. The highest BCUT2D eigenvalue weighted by molar-refractivity contribution is 7.14. The van der Waals surface area contributed by atoms with E-state index in [1.165, 1.54) is 17.4 Å². The monoisotopic (exact) mass is 473 g/mol. The molecule has 2 aromatic heterocycles.